The molecule has 0 spiro atoms. The zero-order chi connectivity index (χ0) is 28.0. The van der Waals surface area contributed by atoms with Gasteiger partial charge in [0.25, 0.3) is 5.91 Å². The topological polar surface area (TPSA) is 150 Å². The largest absolute Gasteiger partial charge is 0.481 e. The number of carbonyl (C=O) groups excluding carboxylic acids is 1. The Kier molecular flexibility index (Phi) is 6.59. The Hall–Kier alpha value is -4.50. The summed E-state index contributed by atoms with van der Waals surface area (Å²) in [5.74, 6) is -1.90. The van der Waals surface area contributed by atoms with Gasteiger partial charge in [-0.3, -0.25) is 19.1 Å². The Morgan fingerprint density at radius 2 is 1.93 bits per heavy atom. The van der Waals surface area contributed by atoms with Crippen LogP contribution in [0, 0.1) is 11.6 Å². The highest BCUT2D eigenvalue weighted by Gasteiger charge is 2.23. The summed E-state index contributed by atoms with van der Waals surface area (Å²) in [6.45, 7) is 2.53. The molecule has 4 aromatic heterocycles. The molecule has 40 heavy (non-hydrogen) atoms. The molecule has 4 N–H and O–H groups in total. The maximum Gasteiger partial charge on any atom is 0.309 e. The third-order valence-corrected chi connectivity index (χ3v) is 7.74. The fourth-order valence-electron chi connectivity index (χ4n) is 4.76. The van der Waals surface area contributed by atoms with Gasteiger partial charge in [0.1, 0.15) is 16.2 Å². The number of amides is 1. The van der Waals surface area contributed by atoms with Gasteiger partial charge in [-0.15, -0.1) is 0 Å². The number of ether oxygens (including phenoxy) is 1. The lowest BCUT2D eigenvalue weighted by Gasteiger charge is -2.36. The van der Waals surface area contributed by atoms with Gasteiger partial charge in [0.2, 0.25) is 5.95 Å². The van der Waals surface area contributed by atoms with Crippen LogP contribution >= 0.6 is 11.3 Å². The summed E-state index contributed by atoms with van der Waals surface area (Å²) in [4.78, 5) is 32.2. The van der Waals surface area contributed by atoms with Crippen LogP contribution in [0.4, 0.5) is 20.4 Å². The van der Waals surface area contributed by atoms with E-state index in [1.807, 2.05) is 6.07 Å². The van der Waals surface area contributed by atoms with Gasteiger partial charge >= 0.3 is 4.87 Å². The normalized spacial score (nSPS) is 14.4. The molecule has 0 unspecified atom stereocenters. The van der Waals surface area contributed by atoms with Crippen molar-refractivity contribution in [1.82, 2.24) is 24.1 Å². The Morgan fingerprint density at radius 1 is 1.12 bits per heavy atom. The molecule has 5 heterocycles. The number of primary amides is 1. The highest BCUT2D eigenvalue weighted by Crippen LogP contribution is 2.30. The second-order valence-electron chi connectivity index (χ2n) is 9.26. The van der Waals surface area contributed by atoms with Gasteiger partial charge in [-0.25, -0.2) is 8.78 Å². The van der Waals surface area contributed by atoms with Gasteiger partial charge in [-0.1, -0.05) is 11.3 Å². The monoisotopic (exact) mass is 570 g/mol. The molecule has 0 aliphatic carbocycles. The molecule has 1 aliphatic heterocycles. The molecule has 0 bridgehead atoms. The summed E-state index contributed by atoms with van der Waals surface area (Å²) in [6.07, 6.45) is 1.56. The number of furan rings is 1. The molecule has 0 saturated carbocycles. The Balaban J connectivity index is 1.16. The van der Waals surface area contributed by atoms with Crippen molar-refractivity contribution >= 4 is 44.7 Å². The van der Waals surface area contributed by atoms with Crippen LogP contribution < -0.4 is 26.0 Å². The van der Waals surface area contributed by atoms with Crippen molar-refractivity contribution in [2.24, 2.45) is 5.73 Å². The van der Waals surface area contributed by atoms with Crippen LogP contribution in [0.1, 0.15) is 0 Å². The van der Waals surface area contributed by atoms with E-state index in [4.69, 9.17) is 20.6 Å². The predicted molar refractivity (Wildman–Crippen MR) is 144 cm³/mol. The first kappa shape index (κ1) is 25.8. The number of rotatable bonds is 8. The van der Waals surface area contributed by atoms with Crippen LogP contribution in [-0.4, -0.2) is 69.3 Å². The van der Waals surface area contributed by atoms with E-state index in [1.54, 1.807) is 27.9 Å². The first-order chi connectivity index (χ1) is 19.3. The summed E-state index contributed by atoms with van der Waals surface area (Å²) >= 11 is 1.08. The number of fused-ring (bicyclic) bond motifs is 3. The zero-order valence-corrected chi connectivity index (χ0v) is 21.9. The third-order valence-electron chi connectivity index (χ3n) is 6.75. The van der Waals surface area contributed by atoms with Gasteiger partial charge in [-0.05, 0) is 18.2 Å². The number of aromatic nitrogens is 4. The van der Waals surface area contributed by atoms with E-state index in [2.05, 4.69) is 15.0 Å². The van der Waals surface area contributed by atoms with E-state index in [1.165, 1.54) is 10.6 Å². The van der Waals surface area contributed by atoms with Crippen molar-refractivity contribution in [3.05, 3.63) is 57.9 Å². The quantitative estimate of drug-likeness (QED) is 0.285. The summed E-state index contributed by atoms with van der Waals surface area (Å²) < 4.78 is 42.9. The fourth-order valence-corrected chi connectivity index (χ4v) is 5.72. The lowest BCUT2D eigenvalue weighted by molar-refractivity contribution is -0.120. The average molecular weight is 571 g/mol. The van der Waals surface area contributed by atoms with E-state index in [9.17, 15) is 18.4 Å². The minimum atomic E-state index is -0.908. The molecule has 1 amide bonds. The highest BCUT2D eigenvalue weighted by molar-refractivity contribution is 7.17. The van der Waals surface area contributed by atoms with E-state index in [-0.39, 0.29) is 22.3 Å². The second kappa shape index (κ2) is 10.2. The molecule has 208 valence electrons. The standard InChI is InChI=1S/C25H24F2N8O4S/c26-14-10-15(27)20(39-13-21(28)36)12-17(14)33-6-3-32(4-7-33)5-8-34-23-22(40-25(34)37)18-11-16(19-2-1-9-38-19)31-35(18)24(29)30-23/h1-2,9-12H,3-8,13H2,(H2,28,36)(H2,29,30). The van der Waals surface area contributed by atoms with E-state index in [0.717, 1.165) is 17.4 Å². The zero-order valence-electron chi connectivity index (χ0n) is 21.0. The molecule has 1 aromatic carbocycles. The van der Waals surface area contributed by atoms with Gasteiger partial charge in [-0.2, -0.15) is 14.6 Å². The minimum Gasteiger partial charge on any atom is -0.481 e. The summed E-state index contributed by atoms with van der Waals surface area (Å²) in [6, 6.07) is 7.35. The number of carbonyl (C=O) groups is 1. The SMILES string of the molecule is NC(=O)COc1cc(N2CCN(CCn3c(=O)sc4c3nc(N)n3nc(-c5ccco5)cc43)CC2)c(F)cc1F. The van der Waals surface area contributed by atoms with Crippen molar-refractivity contribution in [3.8, 4) is 17.2 Å². The lowest BCUT2D eigenvalue weighted by atomic mass is 10.2. The number of hydrogen-bond donors (Lipinski definition) is 2. The number of thiazole rings is 1. The third kappa shape index (κ3) is 4.73. The molecule has 1 aliphatic rings. The van der Waals surface area contributed by atoms with Crippen molar-refractivity contribution in [2.75, 3.05) is 50.0 Å². The number of piperazine rings is 1. The van der Waals surface area contributed by atoms with E-state index >= 15 is 0 Å². The molecule has 5 aromatic rings. The van der Waals surface area contributed by atoms with Crippen molar-refractivity contribution in [1.29, 1.82) is 0 Å². The molecule has 12 nitrogen and oxygen atoms in total. The number of nitrogens with two attached hydrogens (primary N) is 2. The van der Waals surface area contributed by atoms with Gasteiger partial charge in [0.05, 0.1) is 17.5 Å². The van der Waals surface area contributed by atoms with Crippen LogP contribution in [0.2, 0.25) is 0 Å². The van der Waals surface area contributed by atoms with Gasteiger partial charge in [0, 0.05) is 51.4 Å². The first-order valence-electron chi connectivity index (χ1n) is 12.4. The molecule has 1 saturated heterocycles. The van der Waals surface area contributed by atoms with Crippen LogP contribution in [0.3, 0.4) is 0 Å². The van der Waals surface area contributed by atoms with Crippen LogP contribution in [0.5, 0.6) is 5.75 Å². The highest BCUT2D eigenvalue weighted by atomic mass is 32.1. The van der Waals surface area contributed by atoms with E-state index in [0.29, 0.717) is 66.6 Å². The Labute approximate surface area is 228 Å². The number of benzene rings is 1. The smallest absolute Gasteiger partial charge is 0.309 e. The molecule has 0 radical (unpaired) electrons. The molecule has 15 heteroatoms. The molecule has 1 fully saturated rings. The van der Waals surface area contributed by atoms with E-state index < -0.39 is 24.1 Å². The number of halogens is 2. The Morgan fingerprint density at radius 3 is 2.65 bits per heavy atom. The van der Waals surface area contributed by atoms with Crippen LogP contribution in [0.25, 0.3) is 27.3 Å². The fraction of sp³-hybridized carbons (Fsp3) is 0.280. The number of nitrogen functional groups attached to an aromatic ring is 1. The number of hydrogen-bond acceptors (Lipinski definition) is 10. The number of nitrogens with zero attached hydrogens (tertiary/aromatic N) is 6. The van der Waals surface area contributed by atoms with Crippen molar-refractivity contribution in [2.45, 2.75) is 6.54 Å². The van der Waals surface area contributed by atoms with Gasteiger partial charge < -0.3 is 25.5 Å². The maximum atomic E-state index is 14.6. The second-order valence-corrected chi connectivity index (χ2v) is 10.2. The molecule has 6 rings (SSSR count). The summed E-state index contributed by atoms with van der Waals surface area (Å²) in [5, 5.41) is 4.47. The molecule has 0 atom stereocenters. The maximum absolute atomic E-state index is 14.6. The molecular weight excluding hydrogens is 546 g/mol. The average Bonchev–Trinajstić information content (AvgIpc) is 3.67. The summed E-state index contributed by atoms with van der Waals surface area (Å²) in [7, 11) is 0. The van der Waals surface area contributed by atoms with Crippen LogP contribution in [0.15, 0.2) is 45.8 Å². The van der Waals surface area contributed by atoms with Crippen molar-refractivity contribution in [3.63, 3.8) is 0 Å². The van der Waals surface area contributed by atoms with Crippen molar-refractivity contribution < 1.29 is 22.7 Å². The van der Waals surface area contributed by atoms with Gasteiger partial charge in [0.15, 0.2) is 29.6 Å². The first-order valence-corrected chi connectivity index (χ1v) is 13.2. The predicted octanol–water partition coefficient (Wildman–Crippen LogP) is 1.91. The van der Waals surface area contributed by atoms with Crippen LogP contribution in [-0.2, 0) is 11.3 Å². The molecular formula is C25H24F2N8O4S. The lowest BCUT2D eigenvalue weighted by Crippen LogP contribution is -2.47. The Bertz CT molecular complexity index is 1770. The summed E-state index contributed by atoms with van der Waals surface area (Å²) in [5.41, 5.74) is 13.2. The number of anilines is 2. The minimum absolute atomic E-state index is 0.154.